The van der Waals surface area contributed by atoms with Crippen molar-refractivity contribution in [3.63, 3.8) is 0 Å². The highest BCUT2D eigenvalue weighted by Crippen LogP contribution is 2.40. The number of rotatable bonds is 9. The number of aromatic nitrogens is 5. The van der Waals surface area contributed by atoms with Gasteiger partial charge in [0.1, 0.15) is 37.7 Å². The summed E-state index contributed by atoms with van der Waals surface area (Å²) in [7, 11) is 0. The van der Waals surface area contributed by atoms with E-state index < -0.39 is 5.79 Å². The molecule has 2 aromatic heterocycles. The van der Waals surface area contributed by atoms with Crippen LogP contribution in [0.15, 0.2) is 66.5 Å². The molecule has 2 unspecified atom stereocenters. The normalized spacial score (nSPS) is 19.6. The Morgan fingerprint density at radius 3 is 2.72 bits per heavy atom. The van der Waals surface area contributed by atoms with Crippen LogP contribution in [0.2, 0.25) is 10.0 Å². The average Bonchev–Trinajstić information content (AvgIpc) is 3.63. The number of imidazole rings is 1. The van der Waals surface area contributed by atoms with Crippen LogP contribution in [0.5, 0.6) is 5.75 Å². The molecule has 0 saturated carbocycles. The summed E-state index contributed by atoms with van der Waals surface area (Å²) in [4.78, 5) is 8.53. The Balaban J connectivity index is 1.29. The number of halogens is 2. The molecule has 8 nitrogen and oxygen atoms in total. The maximum atomic E-state index is 6.53. The minimum absolute atomic E-state index is 0.280. The second kappa shape index (κ2) is 10.8. The van der Waals surface area contributed by atoms with Crippen molar-refractivity contribution in [3.05, 3.63) is 76.9 Å². The lowest BCUT2D eigenvalue weighted by Gasteiger charge is -2.29. The molecule has 2 atom stereocenters. The second-order valence-corrected chi connectivity index (χ2v) is 9.85. The zero-order chi connectivity index (χ0) is 25.1. The van der Waals surface area contributed by atoms with Gasteiger partial charge in [-0.1, -0.05) is 41.0 Å². The summed E-state index contributed by atoms with van der Waals surface area (Å²) in [6, 6.07) is 13.2. The van der Waals surface area contributed by atoms with E-state index in [1.54, 1.807) is 34.9 Å². The molecule has 4 aromatic rings. The third kappa shape index (κ3) is 5.12. The number of benzene rings is 2. The molecule has 0 bridgehead atoms. The molecule has 1 saturated heterocycles. The zero-order valence-electron chi connectivity index (χ0n) is 19.8. The molecule has 0 aliphatic carbocycles. The predicted octanol–water partition coefficient (Wildman–Crippen LogP) is 5.54. The van der Waals surface area contributed by atoms with Crippen LogP contribution in [0, 0.1) is 0 Å². The summed E-state index contributed by atoms with van der Waals surface area (Å²) in [6.45, 7) is 3.90. The van der Waals surface area contributed by atoms with E-state index in [0.717, 1.165) is 28.7 Å². The largest absolute Gasteiger partial charge is 0.491 e. The summed E-state index contributed by atoms with van der Waals surface area (Å²) in [6.07, 6.45) is 6.70. The van der Waals surface area contributed by atoms with Crippen LogP contribution >= 0.6 is 35.0 Å². The first kappa shape index (κ1) is 25.1. The molecule has 2 aromatic carbocycles. The second-order valence-electron chi connectivity index (χ2n) is 8.23. The van der Waals surface area contributed by atoms with Gasteiger partial charge < -0.3 is 18.8 Å². The van der Waals surface area contributed by atoms with Crippen LogP contribution in [0.4, 0.5) is 0 Å². The third-order valence-corrected chi connectivity index (χ3v) is 7.18. The van der Waals surface area contributed by atoms with Gasteiger partial charge in [0.05, 0.1) is 23.5 Å². The summed E-state index contributed by atoms with van der Waals surface area (Å²) < 4.78 is 22.5. The molecule has 1 fully saturated rings. The van der Waals surface area contributed by atoms with Gasteiger partial charge in [-0.3, -0.25) is 0 Å². The van der Waals surface area contributed by atoms with Gasteiger partial charge in [0.2, 0.25) is 5.79 Å². The maximum absolute atomic E-state index is 6.53. The van der Waals surface area contributed by atoms with E-state index in [2.05, 4.69) is 26.6 Å². The lowest BCUT2D eigenvalue weighted by Crippen LogP contribution is -2.35. The Labute approximate surface area is 223 Å². The Bertz CT molecular complexity index is 1320. The van der Waals surface area contributed by atoms with E-state index in [1.807, 2.05) is 42.8 Å². The van der Waals surface area contributed by atoms with Gasteiger partial charge in [-0.05, 0) is 49.6 Å². The van der Waals surface area contributed by atoms with Gasteiger partial charge in [0, 0.05) is 22.7 Å². The SMILES string of the molecule is CCn1c(-c2ccc(OCC3COC(Cn4cncn4)(c4ccc(Cl)cc4Cl)O3)cc2)cnc1SC. The molecule has 5 rings (SSSR count). The van der Waals surface area contributed by atoms with Crippen LogP contribution in [-0.2, 0) is 28.4 Å². The molecule has 0 amide bonds. The molecule has 3 heterocycles. The molecular formula is C25H25Cl2N5O3S. The summed E-state index contributed by atoms with van der Waals surface area (Å²) in [5, 5.41) is 6.20. The van der Waals surface area contributed by atoms with Crippen LogP contribution in [0.25, 0.3) is 11.3 Å². The Morgan fingerprint density at radius 2 is 2.03 bits per heavy atom. The summed E-state index contributed by atoms with van der Waals surface area (Å²) >= 11 is 14.3. The molecule has 11 heteroatoms. The van der Waals surface area contributed by atoms with E-state index in [4.69, 9.17) is 37.4 Å². The fourth-order valence-electron chi connectivity index (χ4n) is 4.25. The lowest BCUT2D eigenvalue weighted by molar-refractivity contribution is -0.190. The highest BCUT2D eigenvalue weighted by molar-refractivity contribution is 7.98. The van der Waals surface area contributed by atoms with Gasteiger partial charge >= 0.3 is 0 Å². The number of hydrogen-bond acceptors (Lipinski definition) is 7. The molecule has 36 heavy (non-hydrogen) atoms. The Kier molecular flexibility index (Phi) is 7.55. The minimum Gasteiger partial charge on any atom is -0.491 e. The molecular weight excluding hydrogens is 521 g/mol. The van der Waals surface area contributed by atoms with Crippen LogP contribution in [0.3, 0.4) is 0 Å². The van der Waals surface area contributed by atoms with Crippen LogP contribution in [0.1, 0.15) is 12.5 Å². The monoisotopic (exact) mass is 545 g/mol. The van der Waals surface area contributed by atoms with Crippen molar-refractivity contribution in [1.82, 2.24) is 24.3 Å². The van der Waals surface area contributed by atoms with Gasteiger partial charge in [-0.15, -0.1) is 0 Å². The first-order valence-electron chi connectivity index (χ1n) is 11.4. The molecule has 0 N–H and O–H groups in total. The van der Waals surface area contributed by atoms with Gasteiger partial charge in [0.15, 0.2) is 5.16 Å². The quantitative estimate of drug-likeness (QED) is 0.255. The highest BCUT2D eigenvalue weighted by atomic mass is 35.5. The van der Waals surface area contributed by atoms with Crippen molar-refractivity contribution in [2.45, 2.75) is 37.1 Å². The standard InChI is InChI=1S/C25H25Cl2N5O3S/c1-3-32-23(11-29-24(32)36-2)17-4-7-19(8-5-17)33-12-20-13-34-25(35-20,14-31-16-28-15-30-31)21-9-6-18(26)10-22(21)27/h4-11,15-16,20H,3,12-14H2,1-2H3. The smallest absolute Gasteiger partial charge is 0.217 e. The first-order chi connectivity index (χ1) is 17.5. The van der Waals surface area contributed by atoms with Crippen molar-refractivity contribution in [1.29, 1.82) is 0 Å². The van der Waals surface area contributed by atoms with E-state index in [-0.39, 0.29) is 12.6 Å². The number of ether oxygens (including phenoxy) is 3. The summed E-state index contributed by atoms with van der Waals surface area (Å²) in [5.74, 6) is -0.394. The van der Waals surface area contributed by atoms with Gasteiger partial charge in [-0.2, -0.15) is 5.10 Å². The molecule has 1 aliphatic heterocycles. The van der Waals surface area contributed by atoms with Crippen molar-refractivity contribution in [2.75, 3.05) is 19.5 Å². The fourth-order valence-corrected chi connectivity index (χ4v) is 5.41. The number of nitrogens with zero attached hydrogens (tertiary/aromatic N) is 5. The maximum Gasteiger partial charge on any atom is 0.217 e. The van der Waals surface area contributed by atoms with Crippen LogP contribution < -0.4 is 4.74 Å². The lowest BCUT2D eigenvalue weighted by atomic mass is 10.1. The van der Waals surface area contributed by atoms with E-state index >= 15 is 0 Å². The number of thioether (sulfide) groups is 1. The zero-order valence-corrected chi connectivity index (χ0v) is 22.1. The van der Waals surface area contributed by atoms with Crippen molar-refractivity contribution >= 4 is 35.0 Å². The Morgan fingerprint density at radius 1 is 1.19 bits per heavy atom. The minimum atomic E-state index is -1.14. The molecule has 0 radical (unpaired) electrons. The first-order valence-corrected chi connectivity index (χ1v) is 13.4. The van der Waals surface area contributed by atoms with Crippen molar-refractivity contribution in [3.8, 4) is 17.0 Å². The third-order valence-electron chi connectivity index (χ3n) is 5.94. The van der Waals surface area contributed by atoms with E-state index in [1.165, 1.54) is 6.33 Å². The summed E-state index contributed by atoms with van der Waals surface area (Å²) in [5.41, 5.74) is 2.84. The van der Waals surface area contributed by atoms with Crippen molar-refractivity contribution < 1.29 is 14.2 Å². The topological polar surface area (TPSA) is 76.2 Å². The van der Waals surface area contributed by atoms with E-state index in [0.29, 0.717) is 28.8 Å². The van der Waals surface area contributed by atoms with Gasteiger partial charge in [-0.25, -0.2) is 14.6 Å². The van der Waals surface area contributed by atoms with Gasteiger partial charge in [0.25, 0.3) is 0 Å². The Hall–Kier alpha value is -2.56. The molecule has 0 spiro atoms. The average molecular weight is 546 g/mol. The van der Waals surface area contributed by atoms with Crippen LogP contribution in [-0.4, -0.2) is 49.9 Å². The van der Waals surface area contributed by atoms with E-state index in [9.17, 15) is 0 Å². The highest BCUT2D eigenvalue weighted by Gasteiger charge is 2.45. The molecule has 188 valence electrons. The number of hydrogen-bond donors (Lipinski definition) is 0. The fraction of sp³-hybridized carbons (Fsp3) is 0.320. The van der Waals surface area contributed by atoms with Crippen molar-refractivity contribution in [2.24, 2.45) is 0 Å². The predicted molar refractivity (Wildman–Crippen MR) is 140 cm³/mol. The molecule has 1 aliphatic rings.